The highest BCUT2D eigenvalue weighted by atomic mass is 32.2. The lowest BCUT2D eigenvalue weighted by molar-refractivity contribution is -0.121. The molecule has 15 heavy (non-hydrogen) atoms. The van der Waals surface area contributed by atoms with Crippen LogP contribution in [0.3, 0.4) is 0 Å². The average molecular weight is 225 g/mol. The lowest BCUT2D eigenvalue weighted by Gasteiger charge is -2.16. The van der Waals surface area contributed by atoms with Crippen molar-refractivity contribution in [1.82, 2.24) is 10.2 Å². The van der Waals surface area contributed by atoms with Gasteiger partial charge in [0.1, 0.15) is 0 Å². The topological polar surface area (TPSA) is 44.7 Å². The Bertz CT molecular complexity index is 336. The van der Waals surface area contributed by atoms with Crippen molar-refractivity contribution in [2.45, 2.75) is 26.3 Å². The van der Waals surface area contributed by atoms with Crippen molar-refractivity contribution in [3.63, 3.8) is 0 Å². The summed E-state index contributed by atoms with van der Waals surface area (Å²) in [5.74, 6) is 0.0880. The summed E-state index contributed by atoms with van der Waals surface area (Å²) in [5, 5.41) is 5.96. The fraction of sp³-hybridized carbons (Fsp3) is 0.600. The third-order valence-corrected chi connectivity index (χ3v) is 3.19. The Balaban J connectivity index is 1.90. The Morgan fingerprint density at radius 2 is 2.53 bits per heavy atom. The van der Waals surface area contributed by atoms with Gasteiger partial charge in [-0.3, -0.25) is 9.79 Å². The van der Waals surface area contributed by atoms with Crippen molar-refractivity contribution in [1.29, 1.82) is 0 Å². The third kappa shape index (κ3) is 2.34. The number of aliphatic imine (C=N–C) groups is 1. The minimum absolute atomic E-state index is 0.0880. The maximum atomic E-state index is 11.6. The number of fused-ring (bicyclic) bond motifs is 1. The zero-order chi connectivity index (χ0) is 10.8. The van der Waals surface area contributed by atoms with Gasteiger partial charge in [-0.25, -0.2) is 0 Å². The largest absolute Gasteiger partial charge is 0.354 e. The minimum atomic E-state index is 0.0880. The van der Waals surface area contributed by atoms with Crippen molar-refractivity contribution in [2.24, 2.45) is 4.99 Å². The van der Waals surface area contributed by atoms with Crippen LogP contribution >= 0.6 is 11.8 Å². The predicted molar refractivity (Wildman–Crippen MR) is 62.6 cm³/mol. The molecule has 0 saturated heterocycles. The highest BCUT2D eigenvalue weighted by Gasteiger charge is 2.27. The van der Waals surface area contributed by atoms with Gasteiger partial charge in [-0.15, -0.1) is 0 Å². The highest BCUT2D eigenvalue weighted by Crippen LogP contribution is 2.30. The number of hydrogen-bond donors (Lipinski definition) is 1. The number of rotatable bonds is 3. The Morgan fingerprint density at radius 1 is 1.73 bits per heavy atom. The van der Waals surface area contributed by atoms with Gasteiger partial charge < -0.3 is 10.2 Å². The van der Waals surface area contributed by atoms with Gasteiger partial charge >= 0.3 is 0 Å². The molecule has 0 atom stereocenters. The molecule has 0 fully saturated rings. The molecule has 4 nitrogen and oxygen atoms in total. The van der Waals surface area contributed by atoms with Crippen LogP contribution in [0.5, 0.6) is 0 Å². The minimum Gasteiger partial charge on any atom is -0.354 e. The molecule has 1 N–H and O–H groups in total. The van der Waals surface area contributed by atoms with Crippen LogP contribution in [-0.4, -0.2) is 35.1 Å². The van der Waals surface area contributed by atoms with E-state index in [-0.39, 0.29) is 11.9 Å². The zero-order valence-electron chi connectivity index (χ0n) is 8.99. The van der Waals surface area contributed by atoms with E-state index in [2.05, 4.69) is 15.2 Å². The van der Waals surface area contributed by atoms with Gasteiger partial charge in [0, 0.05) is 18.3 Å². The molecule has 0 saturated carbocycles. The van der Waals surface area contributed by atoms with Crippen molar-refractivity contribution < 1.29 is 4.79 Å². The Hall–Kier alpha value is -0.970. The summed E-state index contributed by atoms with van der Waals surface area (Å²) in [6.07, 6.45) is 0.462. The lowest BCUT2D eigenvalue weighted by Crippen LogP contribution is -2.32. The van der Waals surface area contributed by atoms with Gasteiger partial charge in [0.2, 0.25) is 5.91 Å². The molecule has 2 aliphatic heterocycles. The summed E-state index contributed by atoms with van der Waals surface area (Å²) in [4.78, 5) is 18.0. The number of hydrogen-bond acceptors (Lipinski definition) is 4. The molecule has 0 bridgehead atoms. The molecule has 2 heterocycles. The molecule has 0 radical (unpaired) electrons. The molecule has 2 aliphatic rings. The zero-order valence-corrected chi connectivity index (χ0v) is 9.80. The van der Waals surface area contributed by atoms with Gasteiger partial charge in [0.05, 0.1) is 13.0 Å². The van der Waals surface area contributed by atoms with E-state index in [1.807, 2.05) is 19.3 Å². The lowest BCUT2D eigenvalue weighted by atomic mass is 10.2. The molecule has 0 aromatic rings. The number of nitrogens with one attached hydrogen (secondary N) is 1. The van der Waals surface area contributed by atoms with Crippen molar-refractivity contribution in [3.8, 4) is 0 Å². The van der Waals surface area contributed by atoms with Crippen molar-refractivity contribution in [3.05, 3.63) is 11.1 Å². The van der Waals surface area contributed by atoms with E-state index in [0.29, 0.717) is 6.42 Å². The van der Waals surface area contributed by atoms with E-state index in [0.717, 1.165) is 24.0 Å². The fourth-order valence-corrected chi connectivity index (χ4v) is 2.61. The van der Waals surface area contributed by atoms with Crippen molar-refractivity contribution >= 4 is 22.8 Å². The Labute approximate surface area is 93.8 Å². The first-order valence-corrected chi connectivity index (χ1v) is 6.02. The number of amides is 1. The molecule has 82 valence electrons. The third-order valence-electron chi connectivity index (χ3n) is 2.24. The van der Waals surface area contributed by atoms with E-state index in [9.17, 15) is 4.79 Å². The quantitative estimate of drug-likeness (QED) is 0.784. The number of thioether (sulfide) groups is 1. The molecule has 0 aromatic carbocycles. The molecule has 0 aromatic heterocycles. The standard InChI is InChI=1S/C10H15N3OS/c1-7(2)12-9(14)5-8-6-15-10-11-3-4-13(8)10/h6-7H,3-5H2,1-2H3,(H,12,14). The number of nitrogens with zero attached hydrogens (tertiary/aromatic N) is 2. The van der Waals surface area contributed by atoms with Crippen LogP contribution in [0.15, 0.2) is 16.1 Å². The first-order chi connectivity index (χ1) is 7.16. The van der Waals surface area contributed by atoms with Crippen LogP contribution in [0.1, 0.15) is 20.3 Å². The first-order valence-electron chi connectivity index (χ1n) is 5.14. The second-order valence-electron chi connectivity index (χ2n) is 3.94. The van der Waals surface area contributed by atoms with Gasteiger partial charge in [-0.05, 0) is 19.3 Å². The van der Waals surface area contributed by atoms with Crippen LogP contribution in [0.2, 0.25) is 0 Å². The fourth-order valence-electron chi connectivity index (χ4n) is 1.65. The normalized spacial score (nSPS) is 19.0. The first kappa shape index (κ1) is 10.5. The molecule has 1 amide bonds. The second kappa shape index (κ2) is 4.26. The van der Waals surface area contributed by atoms with Gasteiger partial charge in [0.15, 0.2) is 5.17 Å². The van der Waals surface area contributed by atoms with E-state index >= 15 is 0 Å². The van der Waals surface area contributed by atoms with Gasteiger partial charge in [-0.1, -0.05) is 11.8 Å². The maximum Gasteiger partial charge on any atom is 0.226 e. The summed E-state index contributed by atoms with van der Waals surface area (Å²) in [6.45, 7) is 5.71. The molecular weight excluding hydrogens is 210 g/mol. The summed E-state index contributed by atoms with van der Waals surface area (Å²) < 4.78 is 0. The molecule has 0 spiro atoms. The molecule has 0 unspecified atom stereocenters. The van der Waals surface area contributed by atoms with Crippen LogP contribution in [0, 0.1) is 0 Å². The average Bonchev–Trinajstić information content (AvgIpc) is 2.68. The van der Waals surface area contributed by atoms with Crippen molar-refractivity contribution in [2.75, 3.05) is 13.1 Å². The molecule has 0 aliphatic carbocycles. The maximum absolute atomic E-state index is 11.6. The molecular formula is C10H15N3OS. The van der Waals surface area contributed by atoms with Gasteiger partial charge in [0.25, 0.3) is 0 Å². The summed E-state index contributed by atoms with van der Waals surface area (Å²) in [5.41, 5.74) is 1.08. The van der Waals surface area contributed by atoms with Crippen LogP contribution < -0.4 is 5.32 Å². The monoisotopic (exact) mass is 225 g/mol. The number of amidine groups is 1. The van der Waals surface area contributed by atoms with E-state index < -0.39 is 0 Å². The summed E-state index contributed by atoms with van der Waals surface area (Å²) in [7, 11) is 0. The smallest absolute Gasteiger partial charge is 0.226 e. The van der Waals surface area contributed by atoms with Crippen LogP contribution in [0.4, 0.5) is 0 Å². The number of carbonyl (C=O) groups is 1. The Kier molecular flexibility index (Phi) is 3.00. The highest BCUT2D eigenvalue weighted by molar-refractivity contribution is 8.16. The molecule has 5 heteroatoms. The van der Waals surface area contributed by atoms with Crippen LogP contribution in [-0.2, 0) is 4.79 Å². The second-order valence-corrected chi connectivity index (χ2v) is 4.78. The van der Waals surface area contributed by atoms with Crippen LogP contribution in [0.25, 0.3) is 0 Å². The van der Waals surface area contributed by atoms with E-state index in [1.54, 1.807) is 11.8 Å². The Morgan fingerprint density at radius 3 is 3.27 bits per heavy atom. The van der Waals surface area contributed by atoms with E-state index in [1.165, 1.54) is 0 Å². The molecule has 2 rings (SSSR count). The van der Waals surface area contributed by atoms with Gasteiger partial charge in [-0.2, -0.15) is 0 Å². The van der Waals surface area contributed by atoms with E-state index in [4.69, 9.17) is 0 Å². The SMILES string of the molecule is CC(C)NC(=O)CC1=CSC2=NCCN12. The predicted octanol–water partition coefficient (Wildman–Crippen LogP) is 1.16. The number of carbonyl (C=O) groups excluding carboxylic acids is 1. The summed E-state index contributed by atoms with van der Waals surface area (Å²) >= 11 is 1.62. The summed E-state index contributed by atoms with van der Waals surface area (Å²) in [6, 6.07) is 0.207.